The normalized spacial score (nSPS) is 21.6. The molecule has 1 saturated heterocycles. The quantitative estimate of drug-likeness (QED) is 0.688. The molecule has 2 rings (SSSR count). The van der Waals surface area contributed by atoms with E-state index < -0.39 is 0 Å². The Labute approximate surface area is 85.9 Å². The number of aromatic nitrogens is 2. The summed E-state index contributed by atoms with van der Waals surface area (Å²) >= 11 is 5.85. The predicted octanol–water partition coefficient (Wildman–Crippen LogP) is -0.0393. The Morgan fingerprint density at radius 2 is 2.50 bits per heavy atom. The molecule has 0 aromatic carbocycles. The lowest BCUT2D eigenvalue weighted by atomic mass is 10.3. The van der Waals surface area contributed by atoms with Crippen LogP contribution in [-0.4, -0.2) is 29.3 Å². The number of anilines is 1. The Balaban J connectivity index is 2.33. The average molecular weight is 215 g/mol. The van der Waals surface area contributed by atoms with Crippen LogP contribution in [0.5, 0.6) is 0 Å². The highest BCUT2D eigenvalue weighted by Crippen LogP contribution is 2.23. The van der Waals surface area contributed by atoms with Gasteiger partial charge in [-0.3, -0.25) is 4.79 Å². The zero-order valence-corrected chi connectivity index (χ0v) is 8.29. The van der Waals surface area contributed by atoms with E-state index in [2.05, 4.69) is 10.2 Å². The minimum absolute atomic E-state index is 0.158. The van der Waals surface area contributed by atoms with Gasteiger partial charge in [0.25, 0.3) is 5.56 Å². The summed E-state index contributed by atoms with van der Waals surface area (Å²) in [6.07, 6.45) is 2.48. The largest absolute Gasteiger partial charge is 0.367 e. The molecule has 0 unspecified atom stereocenters. The van der Waals surface area contributed by atoms with Crippen LogP contribution >= 0.6 is 11.6 Å². The molecule has 1 aromatic rings. The molecule has 0 bridgehead atoms. The summed E-state index contributed by atoms with van der Waals surface area (Å²) in [4.78, 5) is 13.2. The molecular formula is C8H11ClN4O. The fourth-order valence-electron chi connectivity index (χ4n) is 1.60. The number of halogens is 1. The van der Waals surface area contributed by atoms with Crippen molar-refractivity contribution in [1.82, 2.24) is 10.2 Å². The smallest absolute Gasteiger partial charge is 0.285 e. The summed E-state index contributed by atoms with van der Waals surface area (Å²) in [7, 11) is 0. The van der Waals surface area contributed by atoms with E-state index in [0.29, 0.717) is 5.69 Å². The second-order valence-corrected chi connectivity index (χ2v) is 3.77. The lowest BCUT2D eigenvalue weighted by Crippen LogP contribution is -2.27. The standard InChI is InChI=1S/C8H11ClN4O/c9-7-6(3-11-12-8(7)14)13-2-1-5(10)4-13/h3,5H,1-2,4,10H2,(H,12,14)/t5-/m1/s1. The monoisotopic (exact) mass is 214 g/mol. The number of H-pyrrole nitrogens is 1. The third-order valence-electron chi connectivity index (χ3n) is 2.34. The van der Waals surface area contributed by atoms with Gasteiger partial charge in [0.05, 0.1) is 11.9 Å². The molecule has 0 aliphatic carbocycles. The molecular weight excluding hydrogens is 204 g/mol. The average Bonchev–Trinajstić information content (AvgIpc) is 2.57. The summed E-state index contributed by atoms with van der Waals surface area (Å²) in [5.74, 6) is 0. The number of rotatable bonds is 1. The summed E-state index contributed by atoms with van der Waals surface area (Å²) in [5.41, 5.74) is 6.07. The SMILES string of the molecule is N[C@@H]1CCN(c2cn[nH]c(=O)c2Cl)C1. The van der Waals surface area contributed by atoms with E-state index in [9.17, 15) is 4.79 Å². The van der Waals surface area contributed by atoms with Crippen molar-refractivity contribution in [3.8, 4) is 0 Å². The van der Waals surface area contributed by atoms with Gasteiger partial charge in [0.15, 0.2) is 0 Å². The van der Waals surface area contributed by atoms with E-state index in [1.165, 1.54) is 0 Å². The van der Waals surface area contributed by atoms with Crippen molar-refractivity contribution in [3.63, 3.8) is 0 Å². The van der Waals surface area contributed by atoms with Crippen LogP contribution in [-0.2, 0) is 0 Å². The maximum absolute atomic E-state index is 11.2. The molecule has 3 N–H and O–H groups in total. The maximum Gasteiger partial charge on any atom is 0.285 e. The molecule has 0 radical (unpaired) electrons. The van der Waals surface area contributed by atoms with Crippen LogP contribution in [0, 0.1) is 0 Å². The summed E-state index contributed by atoms with van der Waals surface area (Å²) in [5, 5.41) is 6.18. The number of nitrogens with zero attached hydrogens (tertiary/aromatic N) is 2. The fourth-order valence-corrected chi connectivity index (χ4v) is 1.81. The van der Waals surface area contributed by atoms with Crippen molar-refractivity contribution in [3.05, 3.63) is 21.6 Å². The zero-order chi connectivity index (χ0) is 10.1. The first-order chi connectivity index (χ1) is 6.68. The van der Waals surface area contributed by atoms with Gasteiger partial charge in [-0.05, 0) is 6.42 Å². The molecule has 5 nitrogen and oxygen atoms in total. The van der Waals surface area contributed by atoms with Crippen LogP contribution in [0.1, 0.15) is 6.42 Å². The first-order valence-corrected chi connectivity index (χ1v) is 4.80. The van der Waals surface area contributed by atoms with Gasteiger partial charge in [0.1, 0.15) is 5.02 Å². The van der Waals surface area contributed by atoms with Crippen molar-refractivity contribution >= 4 is 17.3 Å². The first kappa shape index (κ1) is 9.48. The van der Waals surface area contributed by atoms with Gasteiger partial charge < -0.3 is 10.6 Å². The predicted molar refractivity (Wildman–Crippen MR) is 54.7 cm³/mol. The fraction of sp³-hybridized carbons (Fsp3) is 0.500. The van der Waals surface area contributed by atoms with E-state index in [0.717, 1.165) is 19.5 Å². The molecule has 76 valence electrons. The number of nitrogens with two attached hydrogens (primary N) is 1. The molecule has 2 heterocycles. The van der Waals surface area contributed by atoms with Crippen molar-refractivity contribution in [2.75, 3.05) is 18.0 Å². The van der Waals surface area contributed by atoms with Gasteiger partial charge >= 0.3 is 0 Å². The van der Waals surface area contributed by atoms with Gasteiger partial charge in [0.2, 0.25) is 0 Å². The molecule has 6 heteroatoms. The van der Waals surface area contributed by atoms with E-state index in [4.69, 9.17) is 17.3 Å². The molecule has 1 fully saturated rings. The van der Waals surface area contributed by atoms with Gasteiger partial charge in [-0.25, -0.2) is 5.10 Å². The van der Waals surface area contributed by atoms with Gasteiger partial charge in [-0.1, -0.05) is 11.6 Å². The first-order valence-electron chi connectivity index (χ1n) is 4.42. The van der Waals surface area contributed by atoms with Crippen LogP contribution < -0.4 is 16.2 Å². The molecule has 14 heavy (non-hydrogen) atoms. The Morgan fingerprint density at radius 3 is 3.14 bits per heavy atom. The highest BCUT2D eigenvalue weighted by atomic mass is 35.5. The van der Waals surface area contributed by atoms with Crippen LogP contribution in [0.2, 0.25) is 5.02 Å². The molecule has 1 aliphatic rings. The zero-order valence-electron chi connectivity index (χ0n) is 7.53. The number of hydrogen-bond donors (Lipinski definition) is 2. The van der Waals surface area contributed by atoms with Gasteiger partial charge in [-0.2, -0.15) is 5.10 Å². The van der Waals surface area contributed by atoms with E-state index in [1.54, 1.807) is 6.20 Å². The van der Waals surface area contributed by atoms with Crippen molar-refractivity contribution in [2.45, 2.75) is 12.5 Å². The summed E-state index contributed by atoms with van der Waals surface area (Å²) in [6.45, 7) is 1.55. The minimum atomic E-state index is -0.357. The van der Waals surface area contributed by atoms with Gasteiger partial charge in [-0.15, -0.1) is 0 Å². The lowest BCUT2D eigenvalue weighted by Gasteiger charge is -2.17. The molecule has 1 aliphatic heterocycles. The van der Waals surface area contributed by atoms with Crippen molar-refractivity contribution in [1.29, 1.82) is 0 Å². The maximum atomic E-state index is 11.2. The third-order valence-corrected chi connectivity index (χ3v) is 2.71. The van der Waals surface area contributed by atoms with Crippen LogP contribution in [0.3, 0.4) is 0 Å². The van der Waals surface area contributed by atoms with Crippen molar-refractivity contribution in [2.24, 2.45) is 5.73 Å². The molecule has 1 aromatic heterocycles. The Bertz CT molecular complexity index is 391. The topological polar surface area (TPSA) is 75.0 Å². The summed E-state index contributed by atoms with van der Waals surface area (Å²) < 4.78 is 0. The molecule has 0 spiro atoms. The van der Waals surface area contributed by atoms with E-state index >= 15 is 0 Å². The molecule has 1 atom stereocenters. The highest BCUT2D eigenvalue weighted by Gasteiger charge is 2.22. The second kappa shape index (κ2) is 3.59. The lowest BCUT2D eigenvalue weighted by molar-refractivity contribution is 0.752. The van der Waals surface area contributed by atoms with Crippen LogP contribution in [0.25, 0.3) is 0 Å². The van der Waals surface area contributed by atoms with Crippen LogP contribution in [0.4, 0.5) is 5.69 Å². The second-order valence-electron chi connectivity index (χ2n) is 3.39. The highest BCUT2D eigenvalue weighted by molar-refractivity contribution is 6.33. The Kier molecular flexibility index (Phi) is 2.43. The van der Waals surface area contributed by atoms with Crippen LogP contribution in [0.15, 0.2) is 11.0 Å². The Morgan fingerprint density at radius 1 is 1.71 bits per heavy atom. The summed E-state index contributed by atoms with van der Waals surface area (Å²) in [6, 6.07) is 0.158. The van der Waals surface area contributed by atoms with Gasteiger partial charge in [0, 0.05) is 19.1 Å². The number of hydrogen-bond acceptors (Lipinski definition) is 4. The third kappa shape index (κ3) is 1.60. The molecule has 0 amide bonds. The van der Waals surface area contributed by atoms with Crippen molar-refractivity contribution < 1.29 is 0 Å². The Hall–Kier alpha value is -1.07. The number of nitrogens with one attached hydrogen (secondary N) is 1. The van der Waals surface area contributed by atoms with E-state index in [-0.39, 0.29) is 16.6 Å². The molecule has 0 saturated carbocycles. The minimum Gasteiger partial charge on any atom is -0.367 e. The van der Waals surface area contributed by atoms with E-state index in [1.807, 2.05) is 4.90 Å². The number of aromatic amines is 1.